The van der Waals surface area contributed by atoms with Crippen LogP contribution < -0.4 is 0 Å². The summed E-state index contributed by atoms with van der Waals surface area (Å²) in [5.74, 6) is -1.86. The van der Waals surface area contributed by atoms with Crippen molar-refractivity contribution in [3.8, 4) is 0 Å². The van der Waals surface area contributed by atoms with Crippen molar-refractivity contribution in [2.24, 2.45) is 0 Å². The molecule has 3 rings (SSSR count). The van der Waals surface area contributed by atoms with Crippen molar-refractivity contribution >= 4 is 10.0 Å². The smallest absolute Gasteiger partial charge is 0.417 e. The Kier molecular flexibility index (Phi) is 4.82. The molecule has 0 bridgehead atoms. The van der Waals surface area contributed by atoms with Gasteiger partial charge < -0.3 is 4.42 Å². The van der Waals surface area contributed by atoms with Crippen LogP contribution in [0.5, 0.6) is 0 Å². The second kappa shape index (κ2) is 6.66. The average Bonchev–Trinajstić information content (AvgIpc) is 3.05. The van der Waals surface area contributed by atoms with Gasteiger partial charge in [0.25, 0.3) is 0 Å². The summed E-state index contributed by atoms with van der Waals surface area (Å²) < 4.78 is 69.4. The molecule has 1 aliphatic heterocycles. The summed E-state index contributed by atoms with van der Waals surface area (Å²) in [5.41, 5.74) is 1.64. The fourth-order valence-electron chi connectivity index (χ4n) is 3.09. The number of piperidine rings is 1. The molecule has 6 nitrogen and oxygen atoms in total. The van der Waals surface area contributed by atoms with Crippen molar-refractivity contribution in [3.63, 3.8) is 0 Å². The van der Waals surface area contributed by atoms with Gasteiger partial charge in [-0.1, -0.05) is 17.7 Å². The third-order valence-electron chi connectivity index (χ3n) is 4.43. The van der Waals surface area contributed by atoms with Gasteiger partial charge in [-0.2, -0.15) is 17.5 Å². The fourth-order valence-corrected chi connectivity index (χ4v) is 4.76. The number of halogens is 3. The lowest BCUT2D eigenvalue weighted by molar-refractivity contribution is -0.157. The van der Waals surface area contributed by atoms with E-state index in [1.807, 2.05) is 6.92 Å². The molecule has 142 valence electrons. The monoisotopic (exact) mass is 389 g/mol. The lowest BCUT2D eigenvalue weighted by atomic mass is 9.98. The van der Waals surface area contributed by atoms with E-state index in [9.17, 15) is 21.6 Å². The first-order chi connectivity index (χ1) is 12.1. The molecule has 0 radical (unpaired) electrons. The van der Waals surface area contributed by atoms with Crippen molar-refractivity contribution in [1.82, 2.24) is 14.5 Å². The van der Waals surface area contributed by atoms with Crippen molar-refractivity contribution in [3.05, 3.63) is 41.1 Å². The maximum Gasteiger partial charge on any atom is 0.470 e. The highest BCUT2D eigenvalue weighted by molar-refractivity contribution is 7.89. The Bertz CT molecular complexity index is 901. The first kappa shape index (κ1) is 18.8. The van der Waals surface area contributed by atoms with E-state index in [1.165, 1.54) is 4.31 Å². The van der Waals surface area contributed by atoms with Crippen molar-refractivity contribution in [1.29, 1.82) is 0 Å². The van der Waals surface area contributed by atoms with Gasteiger partial charge in [-0.3, -0.25) is 0 Å². The van der Waals surface area contributed by atoms with Gasteiger partial charge in [0.15, 0.2) is 0 Å². The molecular formula is C16H18F3N3O3S. The molecule has 0 unspecified atom stereocenters. The number of alkyl halides is 3. The van der Waals surface area contributed by atoms with Gasteiger partial charge in [0.2, 0.25) is 15.9 Å². The van der Waals surface area contributed by atoms with Crippen LogP contribution >= 0.6 is 0 Å². The summed E-state index contributed by atoms with van der Waals surface area (Å²) in [7, 11) is -3.65. The van der Waals surface area contributed by atoms with Gasteiger partial charge in [0, 0.05) is 19.0 Å². The van der Waals surface area contributed by atoms with Gasteiger partial charge in [-0.05, 0) is 38.3 Å². The van der Waals surface area contributed by atoms with Gasteiger partial charge in [0.1, 0.15) is 0 Å². The fraction of sp³-hybridized carbons (Fsp3) is 0.500. The van der Waals surface area contributed by atoms with Crippen LogP contribution in [-0.4, -0.2) is 36.0 Å². The Morgan fingerprint density at radius 3 is 2.35 bits per heavy atom. The molecule has 10 heteroatoms. The predicted molar refractivity (Wildman–Crippen MR) is 85.9 cm³/mol. The summed E-state index contributed by atoms with van der Waals surface area (Å²) in [6, 6.07) is 5.13. The SMILES string of the molecule is Cc1ccc(S(=O)(=O)N2CCC(c3nnc(C(F)(F)F)o3)CC2)c(C)c1. The molecule has 2 aromatic rings. The number of hydrogen-bond donors (Lipinski definition) is 0. The minimum atomic E-state index is -4.68. The van der Waals surface area contributed by atoms with Crippen LogP contribution in [0.2, 0.25) is 0 Å². The molecule has 26 heavy (non-hydrogen) atoms. The highest BCUT2D eigenvalue weighted by atomic mass is 32.2. The largest absolute Gasteiger partial charge is 0.470 e. The van der Waals surface area contributed by atoms with Gasteiger partial charge in [0.05, 0.1) is 4.90 Å². The maximum atomic E-state index is 12.8. The molecule has 1 aromatic heterocycles. The summed E-state index contributed by atoms with van der Waals surface area (Å²) in [6.45, 7) is 3.99. The van der Waals surface area contributed by atoms with E-state index in [4.69, 9.17) is 4.42 Å². The van der Waals surface area contributed by atoms with Crippen molar-refractivity contribution in [2.75, 3.05) is 13.1 Å². The Balaban J connectivity index is 1.73. The zero-order chi connectivity index (χ0) is 19.1. The maximum absolute atomic E-state index is 12.8. The summed E-state index contributed by atoms with van der Waals surface area (Å²) in [4.78, 5) is 0.249. The summed E-state index contributed by atoms with van der Waals surface area (Å²) in [5, 5.41) is 6.50. The van der Waals surface area contributed by atoms with E-state index < -0.39 is 22.1 Å². The number of nitrogens with zero attached hydrogens (tertiary/aromatic N) is 3. The standard InChI is InChI=1S/C16H18F3N3O3S/c1-10-3-4-13(11(2)9-10)26(23,24)22-7-5-12(6-8-22)14-20-21-15(25-14)16(17,18)19/h3-4,9,12H,5-8H2,1-2H3. The van der Waals surface area contributed by atoms with Gasteiger partial charge in [-0.25, -0.2) is 8.42 Å². The third kappa shape index (κ3) is 3.61. The second-order valence-corrected chi connectivity index (χ2v) is 8.30. The number of sulfonamides is 1. The van der Waals surface area contributed by atoms with Crippen LogP contribution in [0, 0.1) is 13.8 Å². The second-order valence-electron chi connectivity index (χ2n) is 6.39. The molecular weight excluding hydrogens is 371 g/mol. The molecule has 1 aliphatic rings. The summed E-state index contributed by atoms with van der Waals surface area (Å²) >= 11 is 0. The van der Waals surface area contributed by atoms with Crippen LogP contribution in [0.25, 0.3) is 0 Å². The minimum absolute atomic E-state index is 0.0964. The molecule has 1 saturated heterocycles. The highest BCUT2D eigenvalue weighted by Gasteiger charge is 2.40. The topological polar surface area (TPSA) is 76.3 Å². The number of rotatable bonds is 3. The van der Waals surface area contributed by atoms with Crippen LogP contribution in [0.4, 0.5) is 13.2 Å². The number of benzene rings is 1. The van der Waals surface area contributed by atoms with E-state index in [2.05, 4.69) is 10.2 Å². The highest BCUT2D eigenvalue weighted by Crippen LogP contribution is 2.34. The molecule has 0 spiro atoms. The zero-order valence-corrected chi connectivity index (χ0v) is 15.1. The molecule has 0 N–H and O–H groups in total. The van der Waals surface area contributed by atoms with Crippen LogP contribution in [0.1, 0.15) is 41.7 Å². The Labute approximate surface area is 149 Å². The predicted octanol–water partition coefficient (Wildman–Crippen LogP) is 3.27. The molecule has 0 aliphatic carbocycles. The van der Waals surface area contributed by atoms with E-state index in [0.717, 1.165) is 5.56 Å². The number of aromatic nitrogens is 2. The van der Waals surface area contributed by atoms with Crippen LogP contribution in [0.15, 0.2) is 27.5 Å². The van der Waals surface area contributed by atoms with E-state index in [-0.39, 0.29) is 29.8 Å². The third-order valence-corrected chi connectivity index (χ3v) is 6.49. The number of aryl methyl sites for hydroxylation is 2. The first-order valence-corrected chi connectivity index (χ1v) is 9.51. The van der Waals surface area contributed by atoms with Crippen molar-refractivity contribution < 1.29 is 26.0 Å². The lowest BCUT2D eigenvalue weighted by Crippen LogP contribution is -2.38. The molecule has 1 fully saturated rings. The van der Waals surface area contributed by atoms with Crippen molar-refractivity contribution in [2.45, 2.75) is 43.7 Å². The normalized spacial score (nSPS) is 17.6. The van der Waals surface area contributed by atoms with E-state index >= 15 is 0 Å². The molecule has 0 atom stereocenters. The lowest BCUT2D eigenvalue weighted by Gasteiger charge is -2.30. The Morgan fingerprint density at radius 1 is 1.15 bits per heavy atom. The Hall–Kier alpha value is -1.94. The van der Waals surface area contributed by atoms with E-state index in [0.29, 0.717) is 18.4 Å². The average molecular weight is 389 g/mol. The van der Waals surface area contributed by atoms with Gasteiger partial charge in [-0.15, -0.1) is 10.2 Å². The van der Waals surface area contributed by atoms with Gasteiger partial charge >= 0.3 is 12.1 Å². The summed E-state index contributed by atoms with van der Waals surface area (Å²) in [6.07, 6.45) is -4.04. The molecule has 2 heterocycles. The Morgan fingerprint density at radius 2 is 1.81 bits per heavy atom. The zero-order valence-electron chi connectivity index (χ0n) is 14.2. The van der Waals surface area contributed by atoms with E-state index in [1.54, 1.807) is 25.1 Å². The minimum Gasteiger partial charge on any atom is -0.417 e. The molecule has 1 aromatic carbocycles. The van der Waals surface area contributed by atoms with Crippen LogP contribution in [-0.2, 0) is 16.2 Å². The molecule has 0 saturated carbocycles. The van der Waals surface area contributed by atoms with Crippen LogP contribution in [0.3, 0.4) is 0 Å². The molecule has 0 amide bonds. The quantitative estimate of drug-likeness (QED) is 0.805. The number of hydrogen-bond acceptors (Lipinski definition) is 5. The first-order valence-electron chi connectivity index (χ1n) is 8.07.